The van der Waals surface area contributed by atoms with Crippen molar-refractivity contribution in [3.05, 3.63) is 72.2 Å². The minimum Gasteiger partial charge on any atom is -0.497 e. The Morgan fingerprint density at radius 1 is 1.14 bits per heavy atom. The number of hydrogen-bond donors (Lipinski definition) is 1. The smallest absolute Gasteiger partial charge is 0.256 e. The summed E-state index contributed by atoms with van der Waals surface area (Å²) in [4.78, 5) is 17.6. The lowest BCUT2D eigenvalue weighted by Crippen LogP contribution is -2.13. The molecule has 0 aliphatic heterocycles. The summed E-state index contributed by atoms with van der Waals surface area (Å²) in [5.74, 6) is -0.0480. The van der Waals surface area contributed by atoms with E-state index in [1.807, 2.05) is 24.3 Å². The third-order valence-corrected chi connectivity index (χ3v) is 4.42. The number of amides is 1. The first-order chi connectivity index (χ1) is 13.5. The van der Waals surface area contributed by atoms with Crippen LogP contribution in [0.5, 0.6) is 5.75 Å². The zero-order chi connectivity index (χ0) is 19.7. The topological polar surface area (TPSA) is 69.0 Å². The Hall–Kier alpha value is -3.74. The van der Waals surface area contributed by atoms with Crippen molar-refractivity contribution in [1.29, 1.82) is 0 Å². The number of hydrogen-bond acceptors (Lipinski definition) is 4. The maximum absolute atomic E-state index is 13.4. The van der Waals surface area contributed by atoms with Gasteiger partial charge in [0.2, 0.25) is 0 Å². The van der Waals surface area contributed by atoms with Gasteiger partial charge in [0.1, 0.15) is 11.6 Å². The summed E-state index contributed by atoms with van der Waals surface area (Å²) < 4.78 is 20.2. The third kappa shape index (κ3) is 3.29. The van der Waals surface area contributed by atoms with Crippen LogP contribution < -0.4 is 10.1 Å². The first-order valence-electron chi connectivity index (χ1n) is 8.59. The van der Waals surface area contributed by atoms with E-state index in [1.54, 1.807) is 43.2 Å². The summed E-state index contributed by atoms with van der Waals surface area (Å²) in [5, 5.41) is 7.57. The fourth-order valence-corrected chi connectivity index (χ4v) is 2.98. The van der Waals surface area contributed by atoms with E-state index in [9.17, 15) is 9.18 Å². The number of carbonyl (C=O) groups is 1. The summed E-state index contributed by atoms with van der Waals surface area (Å²) in [5.41, 5.74) is 2.84. The molecule has 1 amide bonds. The highest BCUT2D eigenvalue weighted by Crippen LogP contribution is 2.27. The SMILES string of the molecule is COc1ccc(-c2cc(C(=O)Nc3cccc(F)c3)c3cnn(C)c3n2)cc1. The number of aryl methyl sites for hydroxylation is 1. The van der Waals surface area contributed by atoms with Gasteiger partial charge < -0.3 is 10.1 Å². The second-order valence-corrected chi connectivity index (χ2v) is 6.25. The lowest BCUT2D eigenvalue weighted by atomic mass is 10.1. The van der Waals surface area contributed by atoms with Gasteiger partial charge in [-0.1, -0.05) is 6.07 Å². The number of carbonyl (C=O) groups excluding carboxylic acids is 1. The van der Waals surface area contributed by atoms with Crippen molar-refractivity contribution < 1.29 is 13.9 Å². The molecule has 4 rings (SSSR count). The van der Waals surface area contributed by atoms with Gasteiger partial charge in [0.15, 0.2) is 5.65 Å². The molecular weight excluding hydrogens is 359 g/mol. The van der Waals surface area contributed by atoms with E-state index in [-0.39, 0.29) is 5.91 Å². The van der Waals surface area contributed by atoms with Crippen molar-refractivity contribution in [3.63, 3.8) is 0 Å². The van der Waals surface area contributed by atoms with E-state index in [4.69, 9.17) is 4.74 Å². The van der Waals surface area contributed by atoms with E-state index in [2.05, 4.69) is 15.4 Å². The average molecular weight is 376 g/mol. The van der Waals surface area contributed by atoms with Crippen LogP contribution in [0.15, 0.2) is 60.8 Å². The number of methoxy groups -OCH3 is 1. The monoisotopic (exact) mass is 376 g/mol. The largest absolute Gasteiger partial charge is 0.497 e. The van der Waals surface area contributed by atoms with Crippen molar-refractivity contribution in [1.82, 2.24) is 14.8 Å². The van der Waals surface area contributed by atoms with Crippen LogP contribution >= 0.6 is 0 Å². The van der Waals surface area contributed by atoms with E-state index >= 15 is 0 Å². The highest BCUT2D eigenvalue weighted by molar-refractivity contribution is 6.12. The molecule has 0 bridgehead atoms. The molecule has 0 saturated carbocycles. The Bertz CT molecular complexity index is 1170. The predicted octanol–water partition coefficient (Wildman–Crippen LogP) is 4.04. The Morgan fingerprint density at radius 2 is 1.93 bits per heavy atom. The molecular formula is C21H17FN4O2. The number of ether oxygens (including phenoxy) is 1. The van der Waals surface area contributed by atoms with Crippen molar-refractivity contribution in [2.45, 2.75) is 0 Å². The quantitative estimate of drug-likeness (QED) is 0.584. The molecule has 0 saturated heterocycles. The van der Waals surface area contributed by atoms with E-state index < -0.39 is 5.82 Å². The molecule has 140 valence electrons. The van der Waals surface area contributed by atoms with Crippen LogP contribution in [-0.4, -0.2) is 27.8 Å². The van der Waals surface area contributed by atoms with Crippen LogP contribution in [0.1, 0.15) is 10.4 Å². The number of aromatic nitrogens is 3. The van der Waals surface area contributed by atoms with Gasteiger partial charge in [-0.05, 0) is 48.5 Å². The van der Waals surface area contributed by atoms with E-state index in [0.29, 0.717) is 28.0 Å². The molecule has 2 aromatic heterocycles. The molecule has 2 heterocycles. The molecule has 0 fully saturated rings. The lowest BCUT2D eigenvalue weighted by Gasteiger charge is -2.09. The molecule has 28 heavy (non-hydrogen) atoms. The molecule has 0 aliphatic carbocycles. The number of fused-ring (bicyclic) bond motifs is 1. The zero-order valence-corrected chi connectivity index (χ0v) is 15.3. The molecule has 0 spiro atoms. The van der Waals surface area contributed by atoms with Gasteiger partial charge >= 0.3 is 0 Å². The molecule has 1 N–H and O–H groups in total. The fourth-order valence-electron chi connectivity index (χ4n) is 2.98. The number of halogens is 1. The van der Waals surface area contributed by atoms with Crippen LogP contribution in [0.25, 0.3) is 22.3 Å². The number of rotatable bonds is 4. The predicted molar refractivity (Wildman–Crippen MR) is 105 cm³/mol. The van der Waals surface area contributed by atoms with Gasteiger partial charge in [0.25, 0.3) is 5.91 Å². The van der Waals surface area contributed by atoms with E-state index in [1.165, 1.54) is 12.1 Å². The fraction of sp³-hybridized carbons (Fsp3) is 0.0952. The Kier molecular flexibility index (Phi) is 4.49. The number of nitrogens with zero attached hydrogens (tertiary/aromatic N) is 3. The average Bonchev–Trinajstić information content (AvgIpc) is 3.08. The highest BCUT2D eigenvalue weighted by atomic mass is 19.1. The first kappa shape index (κ1) is 17.7. The first-order valence-corrected chi connectivity index (χ1v) is 8.59. The van der Waals surface area contributed by atoms with Crippen LogP contribution in [0.3, 0.4) is 0 Å². The summed E-state index contributed by atoms with van der Waals surface area (Å²) in [7, 11) is 3.37. The Balaban J connectivity index is 1.79. The molecule has 0 atom stereocenters. The minimum atomic E-state index is -0.419. The summed E-state index contributed by atoms with van der Waals surface area (Å²) in [6.45, 7) is 0. The second-order valence-electron chi connectivity index (χ2n) is 6.25. The van der Waals surface area contributed by atoms with Gasteiger partial charge in [-0.2, -0.15) is 5.10 Å². The van der Waals surface area contributed by atoms with Crippen molar-refractivity contribution in [2.24, 2.45) is 7.05 Å². The molecule has 0 radical (unpaired) electrons. The standard InChI is InChI=1S/C21H17FN4O2/c1-26-20-18(12-23-26)17(21(27)24-15-5-3-4-14(22)10-15)11-19(25-20)13-6-8-16(28-2)9-7-13/h3-12H,1-2H3,(H,24,27). The number of anilines is 1. The zero-order valence-electron chi connectivity index (χ0n) is 15.3. The lowest BCUT2D eigenvalue weighted by molar-refractivity contribution is 0.102. The maximum atomic E-state index is 13.4. The van der Waals surface area contributed by atoms with Gasteiger partial charge in [-0.15, -0.1) is 0 Å². The molecule has 4 aromatic rings. The van der Waals surface area contributed by atoms with Crippen LogP contribution in [0.4, 0.5) is 10.1 Å². The maximum Gasteiger partial charge on any atom is 0.256 e. The molecule has 0 aliphatic rings. The molecule has 2 aromatic carbocycles. The van der Waals surface area contributed by atoms with Gasteiger partial charge in [-0.3, -0.25) is 9.48 Å². The van der Waals surface area contributed by atoms with E-state index in [0.717, 1.165) is 11.3 Å². The number of nitrogens with one attached hydrogen (secondary N) is 1. The molecule has 0 unspecified atom stereocenters. The van der Waals surface area contributed by atoms with Crippen molar-refractivity contribution >= 4 is 22.6 Å². The third-order valence-electron chi connectivity index (χ3n) is 4.42. The Labute approximate surface area is 160 Å². The second kappa shape index (κ2) is 7.11. The van der Waals surface area contributed by atoms with Gasteiger partial charge in [0, 0.05) is 18.3 Å². The van der Waals surface area contributed by atoms with Gasteiger partial charge in [-0.25, -0.2) is 9.37 Å². The van der Waals surface area contributed by atoms with Crippen molar-refractivity contribution in [3.8, 4) is 17.0 Å². The molecule has 6 nitrogen and oxygen atoms in total. The normalized spacial score (nSPS) is 10.8. The summed E-state index contributed by atoms with van der Waals surface area (Å²) in [6, 6.07) is 14.9. The number of benzene rings is 2. The van der Waals surface area contributed by atoms with Crippen LogP contribution in [-0.2, 0) is 7.05 Å². The van der Waals surface area contributed by atoms with Gasteiger partial charge in [0.05, 0.1) is 30.0 Å². The molecule has 7 heteroatoms. The Morgan fingerprint density at radius 3 is 2.64 bits per heavy atom. The van der Waals surface area contributed by atoms with Crippen LogP contribution in [0.2, 0.25) is 0 Å². The number of pyridine rings is 1. The van der Waals surface area contributed by atoms with Crippen LogP contribution in [0, 0.1) is 5.82 Å². The highest BCUT2D eigenvalue weighted by Gasteiger charge is 2.17. The van der Waals surface area contributed by atoms with Crippen molar-refractivity contribution in [2.75, 3.05) is 12.4 Å². The summed E-state index contributed by atoms with van der Waals surface area (Å²) >= 11 is 0. The minimum absolute atomic E-state index is 0.360. The summed E-state index contributed by atoms with van der Waals surface area (Å²) in [6.07, 6.45) is 1.60.